The molecule has 5 heterocycles. The molecule has 0 spiro atoms. The number of nitrogens with zero attached hydrogens (tertiary/aromatic N) is 6. The van der Waals surface area contributed by atoms with E-state index in [-0.39, 0.29) is 45.5 Å². The highest BCUT2D eigenvalue weighted by molar-refractivity contribution is 6.34. The first-order valence-electron chi connectivity index (χ1n) is 13.0. The summed E-state index contributed by atoms with van der Waals surface area (Å²) in [7, 11) is 0. The molecule has 0 radical (unpaired) electrons. The third kappa shape index (κ3) is 5.20. The predicted octanol–water partition coefficient (Wildman–Crippen LogP) is 3.43. The quantitative estimate of drug-likeness (QED) is 0.327. The second-order valence-electron chi connectivity index (χ2n) is 9.90. The molecule has 1 atom stereocenters. The lowest BCUT2D eigenvalue weighted by Gasteiger charge is -2.36. The van der Waals surface area contributed by atoms with Gasteiger partial charge in [0.1, 0.15) is 5.69 Å². The Balaban J connectivity index is 1.16. The molecule has 4 aromatic rings. The Bertz CT molecular complexity index is 1610. The zero-order valence-corrected chi connectivity index (χ0v) is 22.3. The summed E-state index contributed by atoms with van der Waals surface area (Å²) in [6.07, 6.45) is 1.57. The largest absolute Gasteiger partial charge is 0.433 e. The van der Waals surface area contributed by atoms with Crippen molar-refractivity contribution in [1.82, 2.24) is 39.7 Å². The van der Waals surface area contributed by atoms with E-state index in [9.17, 15) is 22.8 Å². The summed E-state index contributed by atoms with van der Waals surface area (Å²) in [5, 5.41) is 12.1. The van der Waals surface area contributed by atoms with Crippen molar-refractivity contribution >= 4 is 40.6 Å². The van der Waals surface area contributed by atoms with Crippen molar-refractivity contribution in [2.45, 2.75) is 12.6 Å². The zero-order chi connectivity index (χ0) is 28.7. The van der Waals surface area contributed by atoms with Crippen LogP contribution in [0.25, 0.3) is 16.9 Å². The van der Waals surface area contributed by atoms with E-state index < -0.39 is 11.9 Å². The van der Waals surface area contributed by atoms with Crippen LogP contribution in [0.3, 0.4) is 0 Å². The number of anilines is 2. The molecule has 41 heavy (non-hydrogen) atoms. The molecule has 2 saturated heterocycles. The lowest BCUT2D eigenvalue weighted by molar-refractivity contribution is -0.140. The number of rotatable bonds is 5. The Hall–Kier alpha value is -4.17. The number of aromatic amines is 1. The van der Waals surface area contributed by atoms with Crippen LogP contribution in [0, 0.1) is 5.92 Å². The molecule has 15 heteroatoms. The van der Waals surface area contributed by atoms with Gasteiger partial charge in [0.25, 0.3) is 5.91 Å². The number of benzene rings is 1. The van der Waals surface area contributed by atoms with Gasteiger partial charge in [0.2, 0.25) is 5.91 Å². The number of hydrogen-bond donors (Lipinski definition) is 3. The molecular formula is C26H25ClF3N9O2. The summed E-state index contributed by atoms with van der Waals surface area (Å²) in [6, 6.07) is 4.85. The standard InChI is InChI=1S/C26H25ClF3N9O2/c27-19-11-16(1-2-17(19)25(41)38-9-7-37(8-10-38)24(40)15-3-4-31-12-15)35-22-23-33-14-20(39(23)6-5-32-22)18-13-34-36-21(18)26(28,29)30/h1-2,5-6,11,13-15,31H,3-4,7-10,12H2,(H,32,35)(H,34,36)/t15-/m0/s1. The van der Waals surface area contributed by atoms with Gasteiger partial charge in [-0.05, 0) is 31.2 Å². The van der Waals surface area contributed by atoms with Gasteiger partial charge in [-0.25, -0.2) is 9.97 Å². The van der Waals surface area contributed by atoms with Crippen LogP contribution in [0.5, 0.6) is 0 Å². The summed E-state index contributed by atoms with van der Waals surface area (Å²) in [5.74, 6) is 0.192. The Morgan fingerprint density at radius 2 is 1.85 bits per heavy atom. The van der Waals surface area contributed by atoms with Crippen molar-refractivity contribution in [2.24, 2.45) is 5.92 Å². The molecule has 11 nitrogen and oxygen atoms in total. The summed E-state index contributed by atoms with van der Waals surface area (Å²) >= 11 is 6.51. The number of imidazole rings is 1. The fourth-order valence-corrected chi connectivity index (χ4v) is 5.49. The average Bonchev–Trinajstić information content (AvgIpc) is 3.73. The van der Waals surface area contributed by atoms with Crippen LogP contribution < -0.4 is 10.6 Å². The minimum Gasteiger partial charge on any atom is -0.339 e. The molecule has 2 fully saturated rings. The molecule has 3 N–H and O–H groups in total. The van der Waals surface area contributed by atoms with E-state index in [1.807, 2.05) is 10.00 Å². The molecule has 0 unspecified atom stereocenters. The first-order valence-corrected chi connectivity index (χ1v) is 13.4. The Kier molecular flexibility index (Phi) is 7.03. The molecule has 0 saturated carbocycles. The molecule has 6 rings (SSSR count). The molecule has 0 aliphatic carbocycles. The van der Waals surface area contributed by atoms with E-state index in [0.717, 1.165) is 19.2 Å². The van der Waals surface area contributed by atoms with Gasteiger partial charge < -0.3 is 20.4 Å². The minimum absolute atomic E-state index is 0.00339. The second kappa shape index (κ2) is 10.7. The first kappa shape index (κ1) is 27.0. The third-order valence-electron chi connectivity index (χ3n) is 7.38. The van der Waals surface area contributed by atoms with E-state index in [0.29, 0.717) is 44.0 Å². The summed E-state index contributed by atoms with van der Waals surface area (Å²) < 4.78 is 41.7. The smallest absolute Gasteiger partial charge is 0.339 e. The number of carbonyl (C=O) groups excluding carboxylic acids is 2. The number of piperazine rings is 1. The molecule has 3 aromatic heterocycles. The van der Waals surface area contributed by atoms with Crippen LogP contribution in [0.4, 0.5) is 24.7 Å². The Morgan fingerprint density at radius 3 is 2.56 bits per heavy atom. The van der Waals surface area contributed by atoms with E-state index in [1.54, 1.807) is 23.1 Å². The number of hydrogen-bond acceptors (Lipinski definition) is 7. The zero-order valence-electron chi connectivity index (χ0n) is 21.6. The fourth-order valence-electron chi connectivity index (χ4n) is 5.23. The van der Waals surface area contributed by atoms with Gasteiger partial charge >= 0.3 is 6.18 Å². The first-order chi connectivity index (χ1) is 19.7. The number of H-pyrrole nitrogens is 1. The maximum atomic E-state index is 13.4. The van der Waals surface area contributed by atoms with Gasteiger partial charge in [0, 0.05) is 50.8 Å². The van der Waals surface area contributed by atoms with Crippen LogP contribution in [-0.4, -0.2) is 85.4 Å². The van der Waals surface area contributed by atoms with Crippen molar-refractivity contribution in [1.29, 1.82) is 0 Å². The van der Waals surface area contributed by atoms with Crippen LogP contribution in [0.2, 0.25) is 5.02 Å². The average molecular weight is 588 g/mol. The topological polar surface area (TPSA) is 124 Å². The Morgan fingerprint density at radius 1 is 1.07 bits per heavy atom. The van der Waals surface area contributed by atoms with Gasteiger partial charge in [-0.2, -0.15) is 18.3 Å². The third-order valence-corrected chi connectivity index (χ3v) is 7.69. The van der Waals surface area contributed by atoms with Gasteiger partial charge in [-0.15, -0.1) is 0 Å². The number of aromatic nitrogens is 5. The number of nitrogens with one attached hydrogen (secondary N) is 3. The van der Waals surface area contributed by atoms with Crippen molar-refractivity contribution < 1.29 is 22.8 Å². The van der Waals surface area contributed by atoms with Gasteiger partial charge in [-0.1, -0.05) is 11.6 Å². The van der Waals surface area contributed by atoms with Crippen molar-refractivity contribution in [3.63, 3.8) is 0 Å². The maximum absolute atomic E-state index is 13.4. The maximum Gasteiger partial charge on any atom is 0.433 e. The molecule has 214 valence electrons. The van der Waals surface area contributed by atoms with Gasteiger partial charge in [0.05, 0.1) is 40.2 Å². The number of fused-ring (bicyclic) bond motifs is 1. The van der Waals surface area contributed by atoms with Gasteiger partial charge in [0.15, 0.2) is 11.5 Å². The molecule has 2 aliphatic heterocycles. The number of halogens is 4. The Labute approximate surface area is 236 Å². The summed E-state index contributed by atoms with van der Waals surface area (Å²) in [5.41, 5.74) is 0.189. The lowest BCUT2D eigenvalue weighted by atomic mass is 10.1. The van der Waals surface area contributed by atoms with E-state index in [2.05, 4.69) is 25.7 Å². The number of alkyl halides is 3. The predicted molar refractivity (Wildman–Crippen MR) is 144 cm³/mol. The summed E-state index contributed by atoms with van der Waals surface area (Å²) in [6.45, 7) is 3.33. The van der Waals surface area contributed by atoms with Crippen molar-refractivity contribution in [3.05, 3.63) is 59.3 Å². The second-order valence-corrected chi connectivity index (χ2v) is 10.3. The van der Waals surface area contributed by atoms with Crippen molar-refractivity contribution in [3.8, 4) is 11.3 Å². The molecule has 1 aromatic carbocycles. The molecule has 0 bridgehead atoms. The van der Waals surface area contributed by atoms with E-state index in [1.165, 1.54) is 23.0 Å². The lowest BCUT2D eigenvalue weighted by Crippen LogP contribution is -2.52. The molecule has 2 aliphatic rings. The van der Waals surface area contributed by atoms with Crippen molar-refractivity contribution in [2.75, 3.05) is 44.6 Å². The summed E-state index contributed by atoms with van der Waals surface area (Å²) in [4.78, 5) is 37.9. The normalized spacial score (nSPS) is 17.8. The molecule has 2 amide bonds. The van der Waals surface area contributed by atoms with Crippen LogP contribution in [0.1, 0.15) is 22.5 Å². The SMILES string of the molecule is O=C(c1ccc(Nc2nccn3c(-c4cn[nH]c4C(F)(F)F)cnc23)cc1Cl)N1CCN(C(=O)[C@H]2CCNC2)CC1. The van der Waals surface area contributed by atoms with E-state index in [4.69, 9.17) is 11.6 Å². The highest BCUT2D eigenvalue weighted by atomic mass is 35.5. The minimum atomic E-state index is -4.61. The van der Waals surface area contributed by atoms with Crippen LogP contribution >= 0.6 is 11.6 Å². The van der Waals surface area contributed by atoms with Gasteiger partial charge in [-0.3, -0.25) is 19.1 Å². The highest BCUT2D eigenvalue weighted by Gasteiger charge is 2.37. The van der Waals surface area contributed by atoms with Crippen LogP contribution in [-0.2, 0) is 11.0 Å². The van der Waals surface area contributed by atoms with E-state index >= 15 is 0 Å². The molecular weight excluding hydrogens is 563 g/mol. The highest BCUT2D eigenvalue weighted by Crippen LogP contribution is 2.36. The fraction of sp³-hybridized carbons (Fsp3) is 0.346. The monoisotopic (exact) mass is 587 g/mol. The number of carbonyl (C=O) groups is 2. The van der Waals surface area contributed by atoms with Crippen LogP contribution in [0.15, 0.2) is 43.0 Å². The number of amides is 2.